The summed E-state index contributed by atoms with van der Waals surface area (Å²) in [4.78, 5) is 18.8. The highest BCUT2D eigenvalue weighted by Gasteiger charge is 2.41. The number of rotatable bonds is 3. The molecule has 1 aliphatic heterocycles. The van der Waals surface area contributed by atoms with Crippen LogP contribution in [0.25, 0.3) is 0 Å². The SMILES string of the molecule is CC1(c2nccc(C(N)=O)c2F)COC(C(F)F)C(N)=N1. The minimum atomic E-state index is -2.84. The summed E-state index contributed by atoms with van der Waals surface area (Å²) in [6, 6.07) is 1.11. The molecule has 0 aromatic carbocycles. The number of hydrogen-bond acceptors (Lipinski definition) is 5. The first-order chi connectivity index (χ1) is 9.76. The van der Waals surface area contributed by atoms with Crippen LogP contribution in [0.5, 0.6) is 0 Å². The average molecular weight is 302 g/mol. The molecule has 21 heavy (non-hydrogen) atoms. The summed E-state index contributed by atoms with van der Waals surface area (Å²) < 4.78 is 44.5. The fourth-order valence-electron chi connectivity index (χ4n) is 2.05. The van der Waals surface area contributed by atoms with Gasteiger partial charge >= 0.3 is 0 Å². The molecule has 1 amide bonds. The van der Waals surface area contributed by atoms with Gasteiger partial charge in [-0.25, -0.2) is 13.2 Å². The molecule has 114 valence electrons. The smallest absolute Gasteiger partial charge is 0.271 e. The standard InChI is InChI=1S/C12H13F3N4O2/c1-12(4-21-7(9(14)15)10(16)19-12)8-6(13)5(11(17)20)2-3-18-8/h2-3,7,9H,4H2,1H3,(H2,16,19)(H2,17,20). The van der Waals surface area contributed by atoms with Crippen molar-refractivity contribution in [3.05, 3.63) is 29.3 Å². The van der Waals surface area contributed by atoms with Crippen LogP contribution in [-0.4, -0.2) is 35.9 Å². The topological polar surface area (TPSA) is 104 Å². The summed E-state index contributed by atoms with van der Waals surface area (Å²) in [6.07, 6.45) is -3.30. The summed E-state index contributed by atoms with van der Waals surface area (Å²) in [5.41, 5.74) is 8.47. The third-order valence-electron chi connectivity index (χ3n) is 3.10. The number of nitrogens with zero attached hydrogens (tertiary/aromatic N) is 2. The predicted octanol–water partition coefficient (Wildman–Crippen LogP) is 0.556. The van der Waals surface area contributed by atoms with E-state index in [0.29, 0.717) is 0 Å². The van der Waals surface area contributed by atoms with Crippen LogP contribution in [0.2, 0.25) is 0 Å². The first-order valence-electron chi connectivity index (χ1n) is 5.96. The van der Waals surface area contributed by atoms with E-state index in [4.69, 9.17) is 16.2 Å². The highest BCUT2D eigenvalue weighted by Crippen LogP contribution is 2.31. The maximum Gasteiger partial charge on any atom is 0.271 e. The summed E-state index contributed by atoms with van der Waals surface area (Å²) in [5, 5.41) is 0. The van der Waals surface area contributed by atoms with Gasteiger partial charge in [0.15, 0.2) is 11.9 Å². The van der Waals surface area contributed by atoms with E-state index in [1.807, 2.05) is 0 Å². The lowest BCUT2D eigenvalue weighted by molar-refractivity contribution is -0.0441. The van der Waals surface area contributed by atoms with Gasteiger partial charge in [0.25, 0.3) is 12.3 Å². The lowest BCUT2D eigenvalue weighted by Crippen LogP contribution is -2.47. The molecule has 0 radical (unpaired) electrons. The lowest BCUT2D eigenvalue weighted by atomic mass is 9.95. The maximum absolute atomic E-state index is 14.3. The molecular weight excluding hydrogens is 289 g/mol. The van der Waals surface area contributed by atoms with Gasteiger partial charge in [0.1, 0.15) is 17.1 Å². The molecule has 2 heterocycles. The van der Waals surface area contributed by atoms with Crippen molar-refractivity contribution in [1.82, 2.24) is 4.98 Å². The molecule has 1 aromatic rings. The molecule has 0 spiro atoms. The Bertz CT molecular complexity index is 608. The van der Waals surface area contributed by atoms with Crippen LogP contribution in [0, 0.1) is 5.82 Å². The molecule has 1 aliphatic rings. The highest BCUT2D eigenvalue weighted by molar-refractivity contribution is 5.93. The second-order valence-electron chi connectivity index (χ2n) is 4.76. The second-order valence-corrected chi connectivity index (χ2v) is 4.76. The van der Waals surface area contributed by atoms with Crippen molar-refractivity contribution in [1.29, 1.82) is 0 Å². The Hall–Kier alpha value is -2.16. The third-order valence-corrected chi connectivity index (χ3v) is 3.10. The van der Waals surface area contributed by atoms with E-state index in [0.717, 1.165) is 6.07 Å². The van der Waals surface area contributed by atoms with E-state index in [-0.39, 0.29) is 17.9 Å². The Morgan fingerprint density at radius 1 is 1.57 bits per heavy atom. The Kier molecular flexibility index (Phi) is 3.86. The molecule has 1 aromatic heterocycles. The Morgan fingerprint density at radius 2 is 2.24 bits per heavy atom. The van der Waals surface area contributed by atoms with Crippen LogP contribution < -0.4 is 11.5 Å². The van der Waals surface area contributed by atoms with Crippen molar-refractivity contribution in [3.8, 4) is 0 Å². The molecule has 0 aliphatic carbocycles. The normalized spacial score (nSPS) is 25.8. The van der Waals surface area contributed by atoms with Crippen LogP contribution in [-0.2, 0) is 10.3 Å². The summed E-state index contributed by atoms with van der Waals surface area (Å²) in [7, 11) is 0. The number of amidine groups is 1. The number of aliphatic imine (C=N–C) groups is 1. The minimum absolute atomic E-state index is 0.241. The Morgan fingerprint density at radius 3 is 2.76 bits per heavy atom. The number of halogens is 3. The van der Waals surface area contributed by atoms with Gasteiger partial charge < -0.3 is 16.2 Å². The van der Waals surface area contributed by atoms with Crippen LogP contribution in [0.1, 0.15) is 23.0 Å². The predicted molar refractivity (Wildman–Crippen MR) is 67.4 cm³/mol. The van der Waals surface area contributed by atoms with E-state index < -0.39 is 35.6 Å². The molecule has 2 unspecified atom stereocenters. The van der Waals surface area contributed by atoms with Gasteiger partial charge in [0.05, 0.1) is 12.2 Å². The van der Waals surface area contributed by atoms with Crippen LogP contribution in [0.15, 0.2) is 17.3 Å². The van der Waals surface area contributed by atoms with Gasteiger partial charge in [-0.15, -0.1) is 0 Å². The number of carbonyl (C=O) groups excluding carboxylic acids is 1. The first-order valence-corrected chi connectivity index (χ1v) is 5.96. The van der Waals surface area contributed by atoms with E-state index >= 15 is 0 Å². The van der Waals surface area contributed by atoms with Crippen LogP contribution in [0.4, 0.5) is 13.2 Å². The number of amides is 1. The molecule has 2 rings (SSSR count). The number of pyridine rings is 1. The molecule has 0 saturated carbocycles. The minimum Gasteiger partial charge on any atom is -0.385 e. The molecule has 2 atom stereocenters. The molecule has 6 nitrogen and oxygen atoms in total. The van der Waals surface area contributed by atoms with Gasteiger partial charge in [-0.2, -0.15) is 0 Å². The van der Waals surface area contributed by atoms with Crippen LogP contribution >= 0.6 is 0 Å². The quantitative estimate of drug-likeness (QED) is 0.851. The fraction of sp³-hybridized carbons (Fsp3) is 0.417. The fourth-order valence-corrected chi connectivity index (χ4v) is 2.05. The van der Waals surface area contributed by atoms with E-state index in [9.17, 15) is 18.0 Å². The van der Waals surface area contributed by atoms with Gasteiger partial charge in [-0.1, -0.05) is 0 Å². The third kappa shape index (κ3) is 2.68. The second kappa shape index (κ2) is 5.32. The molecule has 0 bridgehead atoms. The van der Waals surface area contributed by atoms with E-state index in [1.54, 1.807) is 0 Å². The number of nitrogens with two attached hydrogens (primary N) is 2. The summed E-state index contributed by atoms with van der Waals surface area (Å²) in [5.74, 6) is -2.40. The Labute approximate surface area is 118 Å². The van der Waals surface area contributed by atoms with Gasteiger partial charge in [0, 0.05) is 6.20 Å². The maximum atomic E-state index is 14.3. The van der Waals surface area contributed by atoms with Gasteiger partial charge in [-0.05, 0) is 13.0 Å². The molecule has 0 saturated heterocycles. The molecular formula is C12H13F3N4O2. The highest BCUT2D eigenvalue weighted by atomic mass is 19.3. The largest absolute Gasteiger partial charge is 0.385 e. The summed E-state index contributed by atoms with van der Waals surface area (Å²) >= 11 is 0. The number of ether oxygens (including phenoxy) is 1. The number of alkyl halides is 2. The number of primary amides is 1. The average Bonchev–Trinajstić information content (AvgIpc) is 2.37. The van der Waals surface area contributed by atoms with Crippen molar-refractivity contribution in [2.75, 3.05) is 6.61 Å². The summed E-state index contributed by atoms with van der Waals surface area (Å²) in [6.45, 7) is 1.06. The van der Waals surface area contributed by atoms with Crippen molar-refractivity contribution >= 4 is 11.7 Å². The first kappa shape index (κ1) is 15.2. The monoisotopic (exact) mass is 302 g/mol. The van der Waals surface area contributed by atoms with Gasteiger partial charge in [0.2, 0.25) is 0 Å². The zero-order chi connectivity index (χ0) is 15.8. The number of carbonyl (C=O) groups is 1. The Balaban J connectivity index is 2.47. The number of hydrogen-bond donors (Lipinski definition) is 2. The van der Waals surface area contributed by atoms with E-state index in [1.165, 1.54) is 13.1 Å². The van der Waals surface area contributed by atoms with Crippen molar-refractivity contribution in [2.24, 2.45) is 16.5 Å². The zero-order valence-electron chi connectivity index (χ0n) is 11.0. The van der Waals surface area contributed by atoms with Crippen molar-refractivity contribution in [2.45, 2.75) is 25.0 Å². The van der Waals surface area contributed by atoms with Crippen molar-refractivity contribution in [3.63, 3.8) is 0 Å². The van der Waals surface area contributed by atoms with E-state index in [2.05, 4.69) is 9.98 Å². The number of aromatic nitrogens is 1. The molecule has 4 N–H and O–H groups in total. The zero-order valence-corrected chi connectivity index (χ0v) is 11.0. The van der Waals surface area contributed by atoms with Gasteiger partial charge in [-0.3, -0.25) is 14.8 Å². The molecule has 9 heteroatoms. The van der Waals surface area contributed by atoms with Crippen LogP contribution in [0.3, 0.4) is 0 Å². The molecule has 0 fully saturated rings. The lowest BCUT2D eigenvalue weighted by Gasteiger charge is -2.33. The van der Waals surface area contributed by atoms with Crippen molar-refractivity contribution < 1.29 is 22.7 Å².